The number of hydrogen-bond acceptors (Lipinski definition) is 4. The number of rotatable bonds is 3. The van der Waals surface area contributed by atoms with E-state index in [1.54, 1.807) is 16.8 Å². The zero-order valence-electron chi connectivity index (χ0n) is 11.2. The smallest absolute Gasteiger partial charge is 0.307 e. The summed E-state index contributed by atoms with van der Waals surface area (Å²) in [6.45, 7) is 6.11. The molecule has 0 saturated heterocycles. The van der Waals surface area contributed by atoms with E-state index in [0.717, 1.165) is 17.1 Å². The largest absolute Gasteiger partial charge is 0.481 e. The van der Waals surface area contributed by atoms with Crippen LogP contribution in [0.1, 0.15) is 32.2 Å². The lowest BCUT2D eigenvalue weighted by molar-refractivity contribution is -0.136. The number of carboxylic acids is 1. The molecule has 1 N–H and O–H groups in total. The predicted molar refractivity (Wildman–Crippen MR) is 69.2 cm³/mol. The highest BCUT2D eigenvalue weighted by Crippen LogP contribution is 2.21. The SMILES string of the molecule is CC(C)(C)c1nnnn1-c1ccc(CC(=O)O)cc1. The number of aromatic nitrogens is 4. The Hall–Kier alpha value is -2.24. The summed E-state index contributed by atoms with van der Waals surface area (Å²) < 4.78 is 1.67. The lowest BCUT2D eigenvalue weighted by atomic mass is 9.95. The molecule has 0 aliphatic heterocycles. The number of hydrogen-bond donors (Lipinski definition) is 1. The zero-order valence-corrected chi connectivity index (χ0v) is 11.2. The van der Waals surface area contributed by atoms with E-state index < -0.39 is 5.97 Å². The molecule has 0 unspecified atom stereocenters. The number of benzene rings is 1. The van der Waals surface area contributed by atoms with Gasteiger partial charge in [-0.25, -0.2) is 0 Å². The van der Waals surface area contributed by atoms with Gasteiger partial charge in [0.2, 0.25) is 0 Å². The quantitative estimate of drug-likeness (QED) is 0.906. The molecular weight excluding hydrogens is 244 g/mol. The monoisotopic (exact) mass is 260 g/mol. The molecule has 1 heterocycles. The van der Waals surface area contributed by atoms with Crippen molar-refractivity contribution in [2.45, 2.75) is 32.6 Å². The van der Waals surface area contributed by atoms with Crippen molar-refractivity contribution in [2.24, 2.45) is 0 Å². The van der Waals surface area contributed by atoms with E-state index in [9.17, 15) is 4.79 Å². The van der Waals surface area contributed by atoms with Gasteiger partial charge >= 0.3 is 5.97 Å². The van der Waals surface area contributed by atoms with Crippen LogP contribution in [0, 0.1) is 0 Å². The summed E-state index contributed by atoms with van der Waals surface area (Å²) >= 11 is 0. The Morgan fingerprint density at radius 3 is 2.42 bits per heavy atom. The Kier molecular flexibility index (Phi) is 3.33. The molecule has 1 aromatic heterocycles. The van der Waals surface area contributed by atoms with Crippen molar-refractivity contribution in [2.75, 3.05) is 0 Å². The fourth-order valence-electron chi connectivity index (χ4n) is 1.76. The van der Waals surface area contributed by atoms with E-state index in [1.165, 1.54) is 0 Å². The van der Waals surface area contributed by atoms with Crippen LogP contribution in [0.2, 0.25) is 0 Å². The Bertz CT molecular complexity index is 581. The molecule has 2 rings (SSSR count). The molecule has 0 fully saturated rings. The number of aliphatic carboxylic acids is 1. The maximum Gasteiger partial charge on any atom is 0.307 e. The first-order valence-corrected chi connectivity index (χ1v) is 5.98. The normalized spacial score (nSPS) is 11.5. The average molecular weight is 260 g/mol. The molecule has 19 heavy (non-hydrogen) atoms. The molecule has 0 amide bonds. The summed E-state index contributed by atoms with van der Waals surface area (Å²) in [5.41, 5.74) is 1.41. The lowest BCUT2D eigenvalue weighted by Crippen LogP contribution is -2.18. The first kappa shape index (κ1) is 13.2. The highest BCUT2D eigenvalue weighted by Gasteiger charge is 2.22. The van der Waals surface area contributed by atoms with Gasteiger partial charge in [0.25, 0.3) is 0 Å². The zero-order chi connectivity index (χ0) is 14.0. The van der Waals surface area contributed by atoms with E-state index in [0.29, 0.717) is 0 Å². The second kappa shape index (κ2) is 4.79. The van der Waals surface area contributed by atoms with Crippen molar-refractivity contribution < 1.29 is 9.90 Å². The van der Waals surface area contributed by atoms with E-state index in [4.69, 9.17) is 5.11 Å². The van der Waals surface area contributed by atoms with Gasteiger partial charge in [-0.1, -0.05) is 32.9 Å². The van der Waals surface area contributed by atoms with Crippen molar-refractivity contribution in [1.29, 1.82) is 0 Å². The molecule has 6 heteroatoms. The van der Waals surface area contributed by atoms with E-state index in [2.05, 4.69) is 15.5 Å². The fraction of sp³-hybridized carbons (Fsp3) is 0.385. The van der Waals surface area contributed by atoms with Crippen LogP contribution >= 0.6 is 0 Å². The van der Waals surface area contributed by atoms with Crippen molar-refractivity contribution in [3.05, 3.63) is 35.7 Å². The fourth-order valence-corrected chi connectivity index (χ4v) is 1.76. The third-order valence-corrected chi connectivity index (χ3v) is 2.68. The summed E-state index contributed by atoms with van der Waals surface area (Å²) in [6, 6.07) is 7.20. The van der Waals surface area contributed by atoms with Crippen LogP contribution in [0.5, 0.6) is 0 Å². The van der Waals surface area contributed by atoms with Gasteiger partial charge in [0.1, 0.15) is 0 Å². The van der Waals surface area contributed by atoms with Crippen molar-refractivity contribution in [3.8, 4) is 5.69 Å². The highest BCUT2D eigenvalue weighted by atomic mass is 16.4. The number of carbonyl (C=O) groups is 1. The maximum atomic E-state index is 10.6. The third-order valence-electron chi connectivity index (χ3n) is 2.68. The van der Waals surface area contributed by atoms with Gasteiger partial charge in [0, 0.05) is 5.41 Å². The summed E-state index contributed by atoms with van der Waals surface area (Å²) in [4.78, 5) is 10.6. The minimum atomic E-state index is -0.842. The number of carboxylic acid groups (broad SMARTS) is 1. The average Bonchev–Trinajstić information content (AvgIpc) is 2.77. The van der Waals surface area contributed by atoms with Gasteiger partial charge in [-0.3, -0.25) is 4.79 Å². The van der Waals surface area contributed by atoms with Gasteiger partial charge < -0.3 is 5.11 Å². The summed E-state index contributed by atoms with van der Waals surface area (Å²) in [5, 5.41) is 20.5. The van der Waals surface area contributed by atoms with Gasteiger partial charge in [0.15, 0.2) is 5.82 Å². The van der Waals surface area contributed by atoms with Gasteiger partial charge in [-0.05, 0) is 28.1 Å². The standard InChI is InChI=1S/C13H16N4O2/c1-13(2,3)12-14-15-16-17(12)10-6-4-9(5-7-10)8-11(18)19/h4-7H,8H2,1-3H3,(H,18,19). The van der Waals surface area contributed by atoms with Crippen molar-refractivity contribution >= 4 is 5.97 Å². The second-order valence-electron chi connectivity index (χ2n) is 5.40. The minimum Gasteiger partial charge on any atom is -0.481 e. The lowest BCUT2D eigenvalue weighted by Gasteiger charge is -2.17. The van der Waals surface area contributed by atoms with Crippen LogP contribution in [0.4, 0.5) is 0 Å². The van der Waals surface area contributed by atoms with Crippen LogP contribution in [0.3, 0.4) is 0 Å². The van der Waals surface area contributed by atoms with Crippen molar-refractivity contribution in [1.82, 2.24) is 20.2 Å². The first-order valence-electron chi connectivity index (χ1n) is 5.98. The number of tetrazole rings is 1. The van der Waals surface area contributed by atoms with Gasteiger partial charge in [-0.2, -0.15) is 4.68 Å². The van der Waals surface area contributed by atoms with Gasteiger partial charge in [-0.15, -0.1) is 5.10 Å². The predicted octanol–water partition coefficient (Wildman–Crippen LogP) is 1.59. The molecule has 0 spiro atoms. The van der Waals surface area contributed by atoms with Crippen LogP contribution in [-0.2, 0) is 16.6 Å². The molecule has 0 radical (unpaired) electrons. The van der Waals surface area contributed by atoms with Gasteiger partial charge in [0.05, 0.1) is 12.1 Å². The highest BCUT2D eigenvalue weighted by molar-refractivity contribution is 5.70. The molecular formula is C13H16N4O2. The molecule has 100 valence electrons. The van der Waals surface area contributed by atoms with E-state index in [1.807, 2.05) is 32.9 Å². The summed E-state index contributed by atoms with van der Waals surface area (Å²) in [7, 11) is 0. The van der Waals surface area contributed by atoms with Crippen molar-refractivity contribution in [3.63, 3.8) is 0 Å². The molecule has 6 nitrogen and oxygen atoms in total. The Morgan fingerprint density at radius 1 is 1.26 bits per heavy atom. The summed E-state index contributed by atoms with van der Waals surface area (Å²) in [6.07, 6.45) is 0.0159. The maximum absolute atomic E-state index is 10.6. The number of nitrogens with zero attached hydrogens (tertiary/aromatic N) is 4. The van der Waals surface area contributed by atoms with Crippen LogP contribution < -0.4 is 0 Å². The summed E-state index contributed by atoms with van der Waals surface area (Å²) in [5.74, 6) is -0.0796. The Morgan fingerprint density at radius 2 is 1.89 bits per heavy atom. The van der Waals surface area contributed by atoms with Crippen LogP contribution in [0.15, 0.2) is 24.3 Å². The van der Waals surface area contributed by atoms with Crippen LogP contribution in [-0.4, -0.2) is 31.3 Å². The topological polar surface area (TPSA) is 80.9 Å². The molecule has 1 aromatic carbocycles. The molecule has 0 aliphatic rings. The minimum absolute atomic E-state index is 0.0159. The molecule has 0 saturated carbocycles. The molecule has 0 bridgehead atoms. The molecule has 0 atom stereocenters. The molecule has 0 aliphatic carbocycles. The Balaban J connectivity index is 2.33. The van der Waals surface area contributed by atoms with E-state index in [-0.39, 0.29) is 11.8 Å². The first-order chi connectivity index (χ1) is 8.88. The second-order valence-corrected chi connectivity index (χ2v) is 5.40. The van der Waals surface area contributed by atoms with E-state index >= 15 is 0 Å². The Labute approximate surface area is 111 Å². The van der Waals surface area contributed by atoms with Crippen LogP contribution in [0.25, 0.3) is 5.69 Å². The third kappa shape index (κ3) is 2.96. The molecule has 2 aromatic rings.